The van der Waals surface area contributed by atoms with Gasteiger partial charge in [0.05, 0.1) is 21.0 Å². The number of fused-ring (bicyclic) bond motifs is 1. The highest BCUT2D eigenvalue weighted by Crippen LogP contribution is 2.29. The Morgan fingerprint density at radius 3 is 2.43 bits per heavy atom. The Kier molecular flexibility index (Phi) is 3.14. The number of aromatic nitrogens is 1. The van der Waals surface area contributed by atoms with Gasteiger partial charge in [-0.15, -0.1) is 0 Å². The van der Waals surface area contributed by atoms with E-state index in [1.54, 1.807) is 42.5 Å². The highest BCUT2D eigenvalue weighted by molar-refractivity contribution is 7.91. The summed E-state index contributed by atoms with van der Waals surface area (Å²) < 4.78 is 25.6. The van der Waals surface area contributed by atoms with Crippen molar-refractivity contribution in [3.8, 4) is 0 Å². The van der Waals surface area contributed by atoms with Crippen LogP contribution in [-0.4, -0.2) is 13.4 Å². The van der Waals surface area contributed by atoms with Crippen LogP contribution in [0.5, 0.6) is 0 Å². The molecular weight excluding hydrogens is 284 g/mol. The predicted molar refractivity (Wildman–Crippen MR) is 82.8 cm³/mol. The van der Waals surface area contributed by atoms with Gasteiger partial charge in [0.1, 0.15) is 0 Å². The lowest BCUT2D eigenvalue weighted by Crippen LogP contribution is -2.04. The van der Waals surface area contributed by atoms with Gasteiger partial charge in [-0.3, -0.25) is 4.98 Å². The Morgan fingerprint density at radius 1 is 1.00 bits per heavy atom. The van der Waals surface area contributed by atoms with Crippen molar-refractivity contribution in [2.24, 2.45) is 0 Å². The number of sulfone groups is 1. The first-order valence-corrected chi connectivity index (χ1v) is 7.93. The van der Waals surface area contributed by atoms with E-state index in [0.29, 0.717) is 16.6 Å². The van der Waals surface area contributed by atoms with E-state index in [1.807, 2.05) is 6.92 Å². The number of aryl methyl sites for hydroxylation is 1. The zero-order valence-corrected chi connectivity index (χ0v) is 12.3. The molecule has 2 aromatic carbocycles. The molecule has 0 bridgehead atoms. The maximum atomic E-state index is 12.8. The summed E-state index contributed by atoms with van der Waals surface area (Å²) in [5.41, 5.74) is 7.85. The number of pyridine rings is 1. The number of nitrogens with zero attached hydrogens (tertiary/aromatic N) is 1. The fraction of sp³-hybridized carbons (Fsp3) is 0.0625. The van der Waals surface area contributed by atoms with Gasteiger partial charge in [-0.05, 0) is 31.2 Å². The van der Waals surface area contributed by atoms with Gasteiger partial charge in [0, 0.05) is 11.6 Å². The number of nitrogen functional groups attached to an aromatic ring is 1. The van der Waals surface area contributed by atoms with E-state index < -0.39 is 9.84 Å². The zero-order valence-electron chi connectivity index (χ0n) is 11.4. The Balaban J connectivity index is 2.29. The van der Waals surface area contributed by atoms with E-state index in [2.05, 4.69) is 4.98 Å². The molecule has 21 heavy (non-hydrogen) atoms. The van der Waals surface area contributed by atoms with Crippen LogP contribution in [0.3, 0.4) is 0 Å². The van der Waals surface area contributed by atoms with Crippen LogP contribution in [-0.2, 0) is 9.84 Å². The summed E-state index contributed by atoms with van der Waals surface area (Å²) in [6, 6.07) is 13.5. The molecule has 3 aromatic rings. The average molecular weight is 298 g/mol. The third kappa shape index (κ3) is 2.25. The first-order valence-electron chi connectivity index (χ1n) is 6.45. The number of anilines is 1. The van der Waals surface area contributed by atoms with Crippen molar-refractivity contribution in [3.63, 3.8) is 0 Å². The average Bonchev–Trinajstić information content (AvgIpc) is 2.47. The van der Waals surface area contributed by atoms with E-state index in [9.17, 15) is 8.42 Å². The number of hydrogen-bond acceptors (Lipinski definition) is 4. The van der Waals surface area contributed by atoms with Crippen molar-refractivity contribution in [1.29, 1.82) is 0 Å². The third-order valence-electron chi connectivity index (χ3n) is 3.38. The molecule has 106 valence electrons. The fourth-order valence-electron chi connectivity index (χ4n) is 2.25. The molecule has 3 rings (SSSR count). The number of rotatable bonds is 2. The molecule has 2 N–H and O–H groups in total. The van der Waals surface area contributed by atoms with Gasteiger partial charge >= 0.3 is 0 Å². The van der Waals surface area contributed by atoms with Crippen molar-refractivity contribution < 1.29 is 8.42 Å². The zero-order chi connectivity index (χ0) is 15.0. The monoisotopic (exact) mass is 298 g/mol. The van der Waals surface area contributed by atoms with Gasteiger partial charge in [-0.25, -0.2) is 8.42 Å². The molecule has 0 fully saturated rings. The van der Waals surface area contributed by atoms with Crippen molar-refractivity contribution in [2.45, 2.75) is 16.7 Å². The van der Waals surface area contributed by atoms with Crippen molar-refractivity contribution in [2.75, 3.05) is 5.73 Å². The molecule has 4 nitrogen and oxygen atoms in total. The minimum Gasteiger partial charge on any atom is -0.397 e. The van der Waals surface area contributed by atoms with Crippen LogP contribution in [0.2, 0.25) is 0 Å². The van der Waals surface area contributed by atoms with Crippen LogP contribution >= 0.6 is 0 Å². The maximum Gasteiger partial charge on any atom is 0.207 e. The first-order chi connectivity index (χ1) is 10.00. The molecule has 0 spiro atoms. The topological polar surface area (TPSA) is 73.0 Å². The number of hydrogen-bond donors (Lipinski definition) is 1. The second-order valence-corrected chi connectivity index (χ2v) is 6.79. The van der Waals surface area contributed by atoms with Crippen molar-refractivity contribution in [1.82, 2.24) is 4.98 Å². The Bertz CT molecular complexity index is 917. The molecule has 0 radical (unpaired) electrons. The van der Waals surface area contributed by atoms with Gasteiger partial charge in [-0.1, -0.05) is 29.8 Å². The molecule has 0 aliphatic carbocycles. The molecule has 1 heterocycles. The molecule has 0 aliphatic heterocycles. The predicted octanol–water partition coefficient (Wildman–Crippen LogP) is 2.96. The fourth-order valence-corrected chi connectivity index (χ4v) is 3.69. The molecule has 1 aromatic heterocycles. The number of nitrogens with two attached hydrogens (primary N) is 1. The number of benzene rings is 2. The van der Waals surface area contributed by atoms with E-state index in [-0.39, 0.29) is 9.79 Å². The summed E-state index contributed by atoms with van der Waals surface area (Å²) >= 11 is 0. The summed E-state index contributed by atoms with van der Waals surface area (Å²) in [7, 11) is -3.59. The van der Waals surface area contributed by atoms with Gasteiger partial charge < -0.3 is 5.73 Å². The largest absolute Gasteiger partial charge is 0.397 e. The maximum absolute atomic E-state index is 12.8. The van der Waals surface area contributed by atoms with E-state index in [4.69, 9.17) is 5.73 Å². The first kappa shape index (κ1) is 13.6. The SMILES string of the molecule is Cc1ccc(S(=O)(=O)c2ccnc3c(N)cccc23)cc1. The summed E-state index contributed by atoms with van der Waals surface area (Å²) in [6.45, 7) is 1.92. The molecule has 0 atom stereocenters. The second kappa shape index (κ2) is 4.86. The van der Waals surface area contributed by atoms with E-state index in [1.165, 1.54) is 12.3 Å². The Morgan fingerprint density at radius 2 is 1.71 bits per heavy atom. The lowest BCUT2D eigenvalue weighted by molar-refractivity contribution is 0.597. The van der Waals surface area contributed by atoms with Crippen LogP contribution < -0.4 is 5.73 Å². The van der Waals surface area contributed by atoms with Gasteiger partial charge in [0.15, 0.2) is 0 Å². The summed E-state index contributed by atoms with van der Waals surface area (Å²) in [5.74, 6) is 0. The van der Waals surface area contributed by atoms with E-state index in [0.717, 1.165) is 5.56 Å². The van der Waals surface area contributed by atoms with E-state index >= 15 is 0 Å². The molecule has 0 aliphatic rings. The highest BCUT2D eigenvalue weighted by atomic mass is 32.2. The quantitative estimate of drug-likeness (QED) is 0.738. The summed E-state index contributed by atoms with van der Waals surface area (Å²) in [6.07, 6.45) is 1.47. The molecule has 0 unspecified atom stereocenters. The number of para-hydroxylation sites is 1. The Labute approximate surface area is 123 Å². The normalized spacial score (nSPS) is 11.7. The minimum atomic E-state index is -3.59. The lowest BCUT2D eigenvalue weighted by Gasteiger charge is -2.09. The second-order valence-electron chi connectivity index (χ2n) is 4.87. The van der Waals surface area contributed by atoms with Crippen LogP contribution in [0, 0.1) is 6.92 Å². The van der Waals surface area contributed by atoms with Crippen LogP contribution in [0.15, 0.2) is 64.5 Å². The van der Waals surface area contributed by atoms with Gasteiger partial charge in [0.25, 0.3) is 0 Å². The van der Waals surface area contributed by atoms with Crippen LogP contribution in [0.1, 0.15) is 5.56 Å². The molecule has 0 saturated carbocycles. The van der Waals surface area contributed by atoms with Crippen molar-refractivity contribution in [3.05, 3.63) is 60.3 Å². The molecular formula is C16H14N2O2S. The third-order valence-corrected chi connectivity index (χ3v) is 5.21. The van der Waals surface area contributed by atoms with Crippen LogP contribution in [0.25, 0.3) is 10.9 Å². The molecule has 0 amide bonds. The molecule has 5 heteroatoms. The lowest BCUT2D eigenvalue weighted by atomic mass is 10.2. The summed E-state index contributed by atoms with van der Waals surface area (Å²) in [4.78, 5) is 4.67. The van der Waals surface area contributed by atoms with Gasteiger partial charge in [0.2, 0.25) is 9.84 Å². The minimum absolute atomic E-state index is 0.226. The van der Waals surface area contributed by atoms with Crippen LogP contribution in [0.4, 0.5) is 5.69 Å². The smallest absolute Gasteiger partial charge is 0.207 e. The molecule has 0 saturated heterocycles. The van der Waals surface area contributed by atoms with Crippen molar-refractivity contribution >= 4 is 26.4 Å². The standard InChI is InChI=1S/C16H14N2O2S/c1-11-5-7-12(8-6-11)21(19,20)15-9-10-18-16-13(15)3-2-4-14(16)17/h2-10H,17H2,1H3. The summed E-state index contributed by atoms with van der Waals surface area (Å²) in [5, 5.41) is 0.540. The Hall–Kier alpha value is -2.40. The van der Waals surface area contributed by atoms with Gasteiger partial charge in [-0.2, -0.15) is 0 Å². The highest BCUT2D eigenvalue weighted by Gasteiger charge is 2.20.